The number of aromatic amines is 2. The Bertz CT molecular complexity index is 2430. The van der Waals surface area contributed by atoms with Crippen LogP contribution < -0.4 is 5.32 Å². The third-order valence-electron chi connectivity index (χ3n) is 13.2. The second-order valence-electron chi connectivity index (χ2n) is 17.3. The van der Waals surface area contributed by atoms with E-state index in [0.717, 1.165) is 62.2 Å². The highest BCUT2D eigenvalue weighted by molar-refractivity contribution is 5.95. The summed E-state index contributed by atoms with van der Waals surface area (Å²) >= 11 is 0. The number of hydrogen-bond donors (Lipinski definition) is 3. The van der Waals surface area contributed by atoms with Gasteiger partial charge in [0.15, 0.2) is 23.0 Å². The normalized spacial score (nSPS) is 18.3. The highest BCUT2D eigenvalue weighted by atomic mass is 19.4. The molecule has 1 aliphatic carbocycles. The van der Waals surface area contributed by atoms with Crippen molar-refractivity contribution >= 4 is 17.8 Å². The number of H-pyrrole nitrogens is 2. The minimum absolute atomic E-state index is 0. The number of carbonyl (C=O) groups excluding carboxylic acids is 3. The minimum atomic E-state index is -5.03. The SMILES string of the molecule is C.Cc1cc(F)c(C(F)(F)F)c(C2CCN(C(=O)c3n[nH]c4c3CCCC4)CC2)c1.O=C(c1n[nH]c2c1CN(C(=O)N1CCNCC1)C2)N1CCC(c2ccc(F)c(F)c2C(F)(F)F)CC1. The number of alkyl halides is 6. The van der Waals surface area contributed by atoms with E-state index in [2.05, 4.69) is 25.7 Å². The number of nitrogens with zero attached hydrogens (tertiary/aromatic N) is 6. The average Bonchev–Trinajstić information content (AvgIpc) is 4.02. The Kier molecular flexibility index (Phi) is 14.1. The van der Waals surface area contributed by atoms with E-state index in [1.165, 1.54) is 11.0 Å². The molecule has 4 aromatic rings. The molecule has 0 bridgehead atoms. The van der Waals surface area contributed by atoms with Gasteiger partial charge in [-0.3, -0.25) is 19.8 Å². The molecule has 0 radical (unpaired) electrons. The van der Waals surface area contributed by atoms with Crippen molar-refractivity contribution in [1.82, 2.24) is 45.3 Å². The lowest BCUT2D eigenvalue weighted by Gasteiger charge is -2.33. The molecule has 66 heavy (non-hydrogen) atoms. The summed E-state index contributed by atoms with van der Waals surface area (Å²) in [6.07, 6.45) is -4.91. The first-order valence-corrected chi connectivity index (χ1v) is 21.8. The number of piperidine rings is 2. The van der Waals surface area contributed by atoms with Crippen LogP contribution in [-0.2, 0) is 38.3 Å². The van der Waals surface area contributed by atoms with Gasteiger partial charge < -0.3 is 24.9 Å². The Morgan fingerprint density at radius 1 is 0.621 bits per heavy atom. The second kappa shape index (κ2) is 19.3. The predicted molar refractivity (Wildman–Crippen MR) is 223 cm³/mol. The maximum Gasteiger partial charge on any atom is 0.419 e. The molecule has 3 N–H and O–H groups in total. The topological polar surface area (TPSA) is 134 Å². The summed E-state index contributed by atoms with van der Waals surface area (Å²) in [4.78, 5) is 45.5. The standard InChI is InChI=1S/C23H25F5N6O2.C21H23F4N3O.CH4/c24-16-2-1-14(18(19(16)25)23(26,27)28)13-3-7-32(8-4-13)21(35)20-15-11-34(12-17(15)30-31-20)22(36)33-9-5-29-6-10-33;1-12-10-15(18(16(22)11-12)21(23,24)25)13-6-8-28(9-7-13)20(29)19-14-4-2-3-5-17(14)26-27-19;/h1-2,13,29H,3-12H2,(H,30,31);10-11,13H,2-9H2,1H3,(H,26,27);1H4. The zero-order valence-electron chi connectivity index (χ0n) is 35.5. The molecule has 4 aliphatic heterocycles. The predicted octanol–water partition coefficient (Wildman–Crippen LogP) is 8.48. The Balaban J connectivity index is 0.000000198. The van der Waals surface area contributed by atoms with Crippen molar-refractivity contribution in [3.8, 4) is 0 Å². The number of carbonyl (C=O) groups is 3. The van der Waals surface area contributed by atoms with Crippen LogP contribution in [0.25, 0.3) is 0 Å². The van der Waals surface area contributed by atoms with E-state index in [4.69, 9.17) is 0 Å². The molecule has 0 saturated carbocycles. The van der Waals surface area contributed by atoms with Crippen LogP contribution in [0, 0.1) is 24.4 Å². The molecule has 6 heterocycles. The third-order valence-corrected chi connectivity index (χ3v) is 13.2. The molecule has 2 aromatic heterocycles. The van der Waals surface area contributed by atoms with E-state index in [1.807, 2.05) is 0 Å². The van der Waals surface area contributed by atoms with Gasteiger partial charge in [-0.05, 0) is 98.9 Å². The number of amides is 4. The van der Waals surface area contributed by atoms with Gasteiger partial charge in [0, 0.05) is 69.2 Å². The Labute approximate surface area is 375 Å². The number of urea groups is 1. The molecule has 3 fully saturated rings. The quantitative estimate of drug-likeness (QED) is 0.176. The Morgan fingerprint density at radius 2 is 1.17 bits per heavy atom. The van der Waals surface area contributed by atoms with Crippen LogP contribution in [0.15, 0.2) is 24.3 Å². The molecular formula is C45H52F9N9O3. The molecule has 358 valence electrons. The molecule has 5 aliphatic rings. The second-order valence-corrected chi connectivity index (χ2v) is 17.3. The van der Waals surface area contributed by atoms with Gasteiger partial charge in [-0.2, -0.15) is 36.5 Å². The average molecular weight is 938 g/mol. The van der Waals surface area contributed by atoms with E-state index in [9.17, 15) is 53.9 Å². The fourth-order valence-electron chi connectivity index (χ4n) is 9.84. The first-order valence-electron chi connectivity index (χ1n) is 21.8. The van der Waals surface area contributed by atoms with Crippen LogP contribution in [0.4, 0.5) is 44.3 Å². The maximum atomic E-state index is 14.1. The van der Waals surface area contributed by atoms with Crippen molar-refractivity contribution in [3.63, 3.8) is 0 Å². The largest absolute Gasteiger partial charge is 0.419 e. The first-order chi connectivity index (χ1) is 30.9. The summed E-state index contributed by atoms with van der Waals surface area (Å²) in [7, 11) is 0. The highest BCUT2D eigenvalue weighted by Gasteiger charge is 2.43. The number of nitrogens with one attached hydrogen (secondary N) is 3. The molecule has 9 rings (SSSR count). The van der Waals surface area contributed by atoms with Gasteiger partial charge in [-0.1, -0.05) is 19.6 Å². The summed E-state index contributed by atoms with van der Waals surface area (Å²) in [5, 5.41) is 17.3. The molecule has 3 saturated heterocycles. The van der Waals surface area contributed by atoms with Crippen LogP contribution in [0.3, 0.4) is 0 Å². The molecular weight excluding hydrogens is 886 g/mol. The Morgan fingerprint density at radius 3 is 1.76 bits per heavy atom. The summed E-state index contributed by atoms with van der Waals surface area (Å²) < 4.78 is 122. The lowest BCUT2D eigenvalue weighted by atomic mass is 9.85. The minimum Gasteiger partial charge on any atom is -0.337 e. The van der Waals surface area contributed by atoms with Gasteiger partial charge in [0.05, 0.1) is 29.9 Å². The van der Waals surface area contributed by atoms with Crippen molar-refractivity contribution in [2.45, 2.75) is 103 Å². The molecule has 0 spiro atoms. The van der Waals surface area contributed by atoms with E-state index in [0.29, 0.717) is 74.1 Å². The number of piperazine rings is 1. The van der Waals surface area contributed by atoms with Gasteiger partial charge in [0.1, 0.15) is 5.82 Å². The number of likely N-dealkylation sites (tertiary alicyclic amines) is 2. The van der Waals surface area contributed by atoms with Crippen molar-refractivity contribution < 1.29 is 53.9 Å². The van der Waals surface area contributed by atoms with Crippen molar-refractivity contribution in [2.75, 3.05) is 52.4 Å². The summed E-state index contributed by atoms with van der Waals surface area (Å²) in [5.74, 6) is -6.32. The smallest absolute Gasteiger partial charge is 0.337 e. The zero-order chi connectivity index (χ0) is 46.4. The fraction of sp³-hybridized carbons (Fsp3) is 0.533. The first kappa shape index (κ1) is 48.3. The number of benzene rings is 2. The van der Waals surface area contributed by atoms with E-state index < -0.39 is 52.8 Å². The number of aromatic nitrogens is 4. The monoisotopic (exact) mass is 937 g/mol. The van der Waals surface area contributed by atoms with Crippen LogP contribution in [0.2, 0.25) is 0 Å². The molecule has 2 aromatic carbocycles. The third kappa shape index (κ3) is 9.76. The van der Waals surface area contributed by atoms with E-state index in [-0.39, 0.29) is 74.6 Å². The highest BCUT2D eigenvalue weighted by Crippen LogP contribution is 2.43. The summed E-state index contributed by atoms with van der Waals surface area (Å²) in [6.45, 7) is 5.76. The van der Waals surface area contributed by atoms with Gasteiger partial charge in [0.2, 0.25) is 0 Å². The Hall–Kier alpha value is -5.60. The molecule has 21 heteroatoms. The molecule has 0 unspecified atom stereocenters. The lowest BCUT2D eigenvalue weighted by molar-refractivity contribution is -0.142. The van der Waals surface area contributed by atoms with Crippen molar-refractivity contribution in [1.29, 1.82) is 0 Å². The number of fused-ring (bicyclic) bond motifs is 2. The lowest BCUT2D eigenvalue weighted by Crippen LogP contribution is -2.50. The van der Waals surface area contributed by atoms with Crippen LogP contribution in [0.1, 0.15) is 129 Å². The van der Waals surface area contributed by atoms with Crippen LogP contribution in [0.5, 0.6) is 0 Å². The van der Waals surface area contributed by atoms with Crippen LogP contribution in [-0.4, -0.2) is 110 Å². The molecule has 0 atom stereocenters. The van der Waals surface area contributed by atoms with E-state index in [1.54, 1.807) is 21.6 Å². The summed E-state index contributed by atoms with van der Waals surface area (Å²) in [5.41, 5.74) is 1.38. The zero-order valence-corrected chi connectivity index (χ0v) is 35.5. The summed E-state index contributed by atoms with van der Waals surface area (Å²) in [6, 6.07) is 3.93. The van der Waals surface area contributed by atoms with Gasteiger partial charge in [-0.15, -0.1) is 0 Å². The van der Waals surface area contributed by atoms with Gasteiger partial charge in [0.25, 0.3) is 11.8 Å². The van der Waals surface area contributed by atoms with Gasteiger partial charge in [-0.25, -0.2) is 18.0 Å². The number of halogens is 9. The number of rotatable bonds is 4. The van der Waals surface area contributed by atoms with Gasteiger partial charge >= 0.3 is 18.4 Å². The van der Waals surface area contributed by atoms with E-state index >= 15 is 0 Å². The number of hydrogen-bond acceptors (Lipinski definition) is 6. The molecule has 12 nitrogen and oxygen atoms in total. The van der Waals surface area contributed by atoms with Crippen molar-refractivity contribution in [3.05, 3.63) is 103 Å². The fourth-order valence-corrected chi connectivity index (χ4v) is 9.84. The number of aryl methyl sites for hydroxylation is 2. The van der Waals surface area contributed by atoms with Crippen LogP contribution >= 0.6 is 0 Å². The van der Waals surface area contributed by atoms with Crippen molar-refractivity contribution in [2.24, 2.45) is 0 Å². The molecule has 4 amide bonds. The maximum absolute atomic E-state index is 14.1.